The molecule has 0 amide bonds. The standard InChI is InChI=1S/C60H102O6/c1-4-7-10-13-16-19-22-25-27-29-31-32-35-38-41-44-47-50-53-59(62)65-56-57(55-64-58(61)52-49-46-43-40-37-34-24-21-18-15-12-9-6-3)66-60(63)54-51-48-45-42-39-36-33-30-28-26-23-20-17-14-11-8-5-2/h8-9,11-12,17-18,20-21,26,28,33-34,36-37,57H,4-7,10,13-16,19,22-25,27,29-32,35,38-56H2,1-3H3/b11-8-,12-9-,20-17-,21-18-,28-26-,36-33-,37-34-. The van der Waals surface area contributed by atoms with Gasteiger partial charge in [0.25, 0.3) is 0 Å². The van der Waals surface area contributed by atoms with Gasteiger partial charge in [-0.2, -0.15) is 0 Å². The zero-order valence-corrected chi connectivity index (χ0v) is 43.2. The van der Waals surface area contributed by atoms with Crippen LogP contribution in [-0.2, 0) is 28.6 Å². The molecule has 0 saturated carbocycles. The maximum atomic E-state index is 12.8. The Morgan fingerprint density at radius 1 is 0.318 bits per heavy atom. The Kier molecular flexibility index (Phi) is 51.4. The van der Waals surface area contributed by atoms with Crippen LogP contribution in [0, 0.1) is 0 Å². The van der Waals surface area contributed by atoms with Crippen molar-refractivity contribution >= 4 is 17.9 Å². The SMILES string of the molecule is CC/C=C\C/C=C\C/C=C\C/C=C\CCCCCCC(=O)OC(COC(=O)CCCCC/C=C\C/C=C\C/C=C\CC)COC(=O)CCCCCCCCCCCCCCCCCCCC. The normalized spacial score (nSPS) is 12.7. The Hall–Kier alpha value is -3.41. The highest BCUT2D eigenvalue weighted by Crippen LogP contribution is 2.16. The Bertz CT molecular complexity index is 1290. The van der Waals surface area contributed by atoms with Gasteiger partial charge in [0.2, 0.25) is 0 Å². The van der Waals surface area contributed by atoms with E-state index in [9.17, 15) is 14.4 Å². The largest absolute Gasteiger partial charge is 0.462 e. The lowest BCUT2D eigenvalue weighted by molar-refractivity contribution is -0.167. The average Bonchev–Trinajstić information content (AvgIpc) is 3.31. The zero-order valence-electron chi connectivity index (χ0n) is 43.2. The average molecular weight is 919 g/mol. The highest BCUT2D eigenvalue weighted by molar-refractivity contribution is 5.71. The summed E-state index contributed by atoms with van der Waals surface area (Å²) in [7, 11) is 0. The van der Waals surface area contributed by atoms with Crippen LogP contribution in [0.4, 0.5) is 0 Å². The molecule has 6 nitrogen and oxygen atoms in total. The van der Waals surface area contributed by atoms with Gasteiger partial charge in [0.15, 0.2) is 6.10 Å². The molecule has 0 spiro atoms. The minimum Gasteiger partial charge on any atom is -0.462 e. The number of hydrogen-bond donors (Lipinski definition) is 0. The van der Waals surface area contributed by atoms with Crippen molar-refractivity contribution in [2.75, 3.05) is 13.2 Å². The highest BCUT2D eigenvalue weighted by atomic mass is 16.6. The lowest BCUT2D eigenvalue weighted by atomic mass is 10.0. The van der Waals surface area contributed by atoms with Gasteiger partial charge in [-0.1, -0.05) is 234 Å². The van der Waals surface area contributed by atoms with Crippen LogP contribution in [-0.4, -0.2) is 37.2 Å². The monoisotopic (exact) mass is 919 g/mol. The van der Waals surface area contributed by atoms with Crippen molar-refractivity contribution in [3.05, 3.63) is 85.1 Å². The summed E-state index contributed by atoms with van der Waals surface area (Å²) in [6, 6.07) is 0. The van der Waals surface area contributed by atoms with E-state index in [-0.39, 0.29) is 31.1 Å². The first-order valence-electron chi connectivity index (χ1n) is 27.6. The van der Waals surface area contributed by atoms with Gasteiger partial charge in [-0.25, -0.2) is 0 Å². The summed E-state index contributed by atoms with van der Waals surface area (Å²) in [5.74, 6) is -0.944. The molecule has 0 aliphatic carbocycles. The molecule has 0 aliphatic rings. The molecule has 0 bridgehead atoms. The number of hydrogen-bond acceptors (Lipinski definition) is 6. The molecule has 6 heteroatoms. The van der Waals surface area contributed by atoms with Crippen molar-refractivity contribution in [1.82, 2.24) is 0 Å². The maximum absolute atomic E-state index is 12.8. The number of allylic oxidation sites excluding steroid dienone is 14. The molecule has 0 aromatic rings. The molecule has 0 aromatic heterocycles. The highest BCUT2D eigenvalue weighted by Gasteiger charge is 2.19. The molecule has 0 aliphatic heterocycles. The van der Waals surface area contributed by atoms with Gasteiger partial charge >= 0.3 is 17.9 Å². The predicted octanol–water partition coefficient (Wildman–Crippen LogP) is 18.4. The Morgan fingerprint density at radius 2 is 0.591 bits per heavy atom. The van der Waals surface area contributed by atoms with Crippen LogP contribution in [0.2, 0.25) is 0 Å². The minimum absolute atomic E-state index is 0.0945. The fourth-order valence-electron chi connectivity index (χ4n) is 7.57. The van der Waals surface area contributed by atoms with E-state index in [2.05, 4.69) is 106 Å². The second-order valence-electron chi connectivity index (χ2n) is 18.1. The molecule has 0 N–H and O–H groups in total. The van der Waals surface area contributed by atoms with Crippen LogP contribution in [0.25, 0.3) is 0 Å². The van der Waals surface area contributed by atoms with Crippen molar-refractivity contribution in [3.8, 4) is 0 Å². The summed E-state index contributed by atoms with van der Waals surface area (Å²) < 4.78 is 16.8. The van der Waals surface area contributed by atoms with E-state index >= 15 is 0 Å². The second-order valence-corrected chi connectivity index (χ2v) is 18.1. The van der Waals surface area contributed by atoms with E-state index in [1.807, 2.05) is 0 Å². The number of carbonyl (C=O) groups excluding carboxylic acids is 3. The molecular weight excluding hydrogens is 817 g/mol. The first-order chi connectivity index (χ1) is 32.5. The van der Waals surface area contributed by atoms with E-state index in [0.29, 0.717) is 19.3 Å². The van der Waals surface area contributed by atoms with Crippen LogP contribution in [0.3, 0.4) is 0 Å². The number of ether oxygens (including phenoxy) is 3. The summed E-state index contributed by atoms with van der Waals surface area (Å²) in [6.45, 7) is 6.38. The summed E-state index contributed by atoms with van der Waals surface area (Å²) >= 11 is 0. The summed E-state index contributed by atoms with van der Waals surface area (Å²) in [5, 5.41) is 0. The third-order valence-corrected chi connectivity index (χ3v) is 11.6. The van der Waals surface area contributed by atoms with Crippen molar-refractivity contribution in [2.45, 2.75) is 264 Å². The molecule has 0 radical (unpaired) electrons. The van der Waals surface area contributed by atoms with Crippen molar-refractivity contribution < 1.29 is 28.6 Å². The van der Waals surface area contributed by atoms with E-state index in [0.717, 1.165) is 122 Å². The topological polar surface area (TPSA) is 78.9 Å². The molecule has 378 valence electrons. The van der Waals surface area contributed by atoms with Gasteiger partial charge < -0.3 is 14.2 Å². The predicted molar refractivity (Wildman–Crippen MR) is 284 cm³/mol. The van der Waals surface area contributed by atoms with Crippen LogP contribution >= 0.6 is 0 Å². The lowest BCUT2D eigenvalue weighted by Gasteiger charge is -2.18. The molecule has 1 unspecified atom stereocenters. The molecular formula is C60H102O6. The van der Waals surface area contributed by atoms with Gasteiger partial charge in [-0.05, 0) is 89.9 Å². The Labute approximate surface area is 407 Å². The van der Waals surface area contributed by atoms with E-state index in [1.165, 1.54) is 96.3 Å². The van der Waals surface area contributed by atoms with Gasteiger partial charge in [0, 0.05) is 19.3 Å². The van der Waals surface area contributed by atoms with Crippen LogP contribution in [0.5, 0.6) is 0 Å². The smallest absolute Gasteiger partial charge is 0.306 e. The van der Waals surface area contributed by atoms with Gasteiger partial charge in [-0.15, -0.1) is 0 Å². The molecule has 0 heterocycles. The minimum atomic E-state index is -0.800. The van der Waals surface area contributed by atoms with Gasteiger partial charge in [0.05, 0.1) is 0 Å². The summed E-state index contributed by atoms with van der Waals surface area (Å²) in [6.07, 6.45) is 70.0. The van der Waals surface area contributed by atoms with Crippen molar-refractivity contribution in [2.24, 2.45) is 0 Å². The van der Waals surface area contributed by atoms with Crippen LogP contribution < -0.4 is 0 Å². The third-order valence-electron chi connectivity index (χ3n) is 11.6. The quantitative estimate of drug-likeness (QED) is 0.0262. The second kappa shape index (κ2) is 54.2. The summed E-state index contributed by atoms with van der Waals surface area (Å²) in [4.78, 5) is 38.1. The van der Waals surface area contributed by atoms with E-state index < -0.39 is 6.10 Å². The zero-order chi connectivity index (χ0) is 47.9. The van der Waals surface area contributed by atoms with Crippen LogP contribution in [0.15, 0.2) is 85.1 Å². The number of unbranched alkanes of at least 4 members (excludes halogenated alkanes) is 24. The Morgan fingerprint density at radius 3 is 0.939 bits per heavy atom. The molecule has 66 heavy (non-hydrogen) atoms. The number of rotatable bonds is 49. The number of carbonyl (C=O) groups is 3. The lowest BCUT2D eigenvalue weighted by Crippen LogP contribution is -2.30. The molecule has 0 aromatic carbocycles. The molecule has 0 rings (SSSR count). The van der Waals surface area contributed by atoms with Crippen molar-refractivity contribution in [1.29, 1.82) is 0 Å². The fraction of sp³-hybridized carbons (Fsp3) is 0.717. The molecule has 1 atom stereocenters. The Balaban J connectivity index is 4.43. The first-order valence-corrected chi connectivity index (χ1v) is 27.6. The van der Waals surface area contributed by atoms with Gasteiger partial charge in [-0.3, -0.25) is 14.4 Å². The van der Waals surface area contributed by atoms with Crippen LogP contribution in [0.1, 0.15) is 258 Å². The fourth-order valence-corrected chi connectivity index (χ4v) is 7.57. The molecule has 0 saturated heterocycles. The van der Waals surface area contributed by atoms with E-state index in [4.69, 9.17) is 14.2 Å². The van der Waals surface area contributed by atoms with E-state index in [1.54, 1.807) is 0 Å². The third kappa shape index (κ3) is 51.6. The molecule has 0 fully saturated rings. The first kappa shape index (κ1) is 62.6. The maximum Gasteiger partial charge on any atom is 0.306 e. The van der Waals surface area contributed by atoms with Gasteiger partial charge in [0.1, 0.15) is 13.2 Å². The van der Waals surface area contributed by atoms with Crippen molar-refractivity contribution in [3.63, 3.8) is 0 Å². The number of esters is 3. The summed E-state index contributed by atoms with van der Waals surface area (Å²) in [5.41, 5.74) is 0.